The normalized spacial score (nSPS) is 15.1. The SMILES string of the molecule is CCOC(=O)c1c(-c2ccc(OC)cc2)csc1NC(=O)CN1CCC(C)CC1. The van der Waals surface area contributed by atoms with Crippen molar-refractivity contribution in [2.75, 3.05) is 38.7 Å². The van der Waals surface area contributed by atoms with Gasteiger partial charge in [-0.05, 0) is 56.5 Å². The Kier molecular flexibility index (Phi) is 7.28. The predicted octanol–water partition coefficient (Wildman–Crippen LogP) is 4.27. The van der Waals surface area contributed by atoms with Crippen LogP contribution in [0, 0.1) is 5.92 Å². The Balaban J connectivity index is 1.79. The second-order valence-electron chi connectivity index (χ2n) is 7.31. The highest BCUT2D eigenvalue weighted by atomic mass is 32.1. The molecule has 29 heavy (non-hydrogen) atoms. The third-order valence-electron chi connectivity index (χ3n) is 5.17. The molecule has 0 unspecified atom stereocenters. The van der Waals surface area contributed by atoms with E-state index in [1.54, 1.807) is 14.0 Å². The second-order valence-corrected chi connectivity index (χ2v) is 8.19. The van der Waals surface area contributed by atoms with E-state index in [0.717, 1.165) is 42.8 Å². The van der Waals surface area contributed by atoms with Crippen LogP contribution in [-0.2, 0) is 9.53 Å². The van der Waals surface area contributed by atoms with E-state index in [1.807, 2.05) is 29.6 Å². The number of anilines is 1. The molecule has 1 aromatic carbocycles. The van der Waals surface area contributed by atoms with Crippen molar-refractivity contribution < 1.29 is 19.1 Å². The van der Waals surface area contributed by atoms with Crippen molar-refractivity contribution in [3.05, 3.63) is 35.2 Å². The highest BCUT2D eigenvalue weighted by Gasteiger charge is 2.24. The summed E-state index contributed by atoms with van der Waals surface area (Å²) in [4.78, 5) is 27.4. The van der Waals surface area contributed by atoms with Gasteiger partial charge < -0.3 is 14.8 Å². The number of nitrogens with one attached hydrogen (secondary N) is 1. The second kappa shape index (κ2) is 9.89. The summed E-state index contributed by atoms with van der Waals surface area (Å²) in [5.41, 5.74) is 2.02. The molecular weight excluding hydrogens is 388 g/mol. The van der Waals surface area contributed by atoms with Gasteiger partial charge in [0.1, 0.15) is 16.3 Å². The average molecular weight is 417 g/mol. The molecule has 1 saturated heterocycles. The third kappa shape index (κ3) is 5.36. The van der Waals surface area contributed by atoms with Crippen molar-refractivity contribution in [2.24, 2.45) is 5.92 Å². The Morgan fingerprint density at radius 3 is 2.52 bits per heavy atom. The summed E-state index contributed by atoms with van der Waals surface area (Å²) in [6.45, 7) is 6.49. The lowest BCUT2D eigenvalue weighted by Crippen LogP contribution is -2.38. The number of hydrogen-bond acceptors (Lipinski definition) is 6. The molecule has 0 saturated carbocycles. The number of rotatable bonds is 7. The summed E-state index contributed by atoms with van der Waals surface area (Å²) < 4.78 is 10.5. The predicted molar refractivity (Wildman–Crippen MR) is 116 cm³/mol. The molecule has 1 aliphatic heterocycles. The number of amides is 1. The van der Waals surface area contributed by atoms with Gasteiger partial charge in [-0.1, -0.05) is 19.1 Å². The number of carbonyl (C=O) groups excluding carboxylic acids is 2. The fraction of sp³-hybridized carbons (Fsp3) is 0.455. The van der Waals surface area contributed by atoms with Crippen LogP contribution in [0.4, 0.5) is 5.00 Å². The number of ether oxygens (including phenoxy) is 2. The van der Waals surface area contributed by atoms with Gasteiger partial charge in [-0.15, -0.1) is 11.3 Å². The maximum atomic E-state index is 12.6. The Labute approximate surface area is 175 Å². The summed E-state index contributed by atoms with van der Waals surface area (Å²) >= 11 is 1.34. The van der Waals surface area contributed by atoms with Crippen LogP contribution in [-0.4, -0.2) is 50.1 Å². The van der Waals surface area contributed by atoms with Gasteiger partial charge >= 0.3 is 5.97 Å². The highest BCUT2D eigenvalue weighted by molar-refractivity contribution is 7.15. The Morgan fingerprint density at radius 1 is 1.21 bits per heavy atom. The van der Waals surface area contributed by atoms with E-state index in [2.05, 4.69) is 17.1 Å². The standard InChI is InChI=1S/C22H28N2O4S/c1-4-28-22(26)20-18(16-5-7-17(27-3)8-6-16)14-29-21(20)23-19(25)13-24-11-9-15(2)10-12-24/h5-8,14-15H,4,9-13H2,1-3H3,(H,23,25). The van der Waals surface area contributed by atoms with E-state index < -0.39 is 5.97 Å². The molecule has 2 heterocycles. The first kappa shape index (κ1) is 21.3. The molecule has 0 aliphatic carbocycles. The summed E-state index contributed by atoms with van der Waals surface area (Å²) in [5, 5.41) is 5.35. The molecule has 2 aromatic rings. The van der Waals surface area contributed by atoms with E-state index in [0.29, 0.717) is 23.0 Å². The van der Waals surface area contributed by atoms with Crippen LogP contribution in [0.25, 0.3) is 11.1 Å². The molecule has 0 radical (unpaired) electrons. The quantitative estimate of drug-likeness (QED) is 0.683. The number of esters is 1. The smallest absolute Gasteiger partial charge is 0.341 e. The number of piperidine rings is 1. The summed E-state index contributed by atoms with van der Waals surface area (Å²) in [6, 6.07) is 7.48. The van der Waals surface area contributed by atoms with Crippen LogP contribution in [0.5, 0.6) is 5.75 Å². The van der Waals surface area contributed by atoms with E-state index in [1.165, 1.54) is 11.3 Å². The van der Waals surface area contributed by atoms with Gasteiger partial charge in [-0.25, -0.2) is 4.79 Å². The van der Waals surface area contributed by atoms with Crippen molar-refractivity contribution in [3.8, 4) is 16.9 Å². The minimum absolute atomic E-state index is 0.103. The Morgan fingerprint density at radius 2 is 1.90 bits per heavy atom. The number of hydrogen-bond donors (Lipinski definition) is 1. The summed E-state index contributed by atoms with van der Waals surface area (Å²) in [6.07, 6.45) is 2.23. The molecule has 6 nitrogen and oxygen atoms in total. The lowest BCUT2D eigenvalue weighted by atomic mass is 9.99. The Bertz CT molecular complexity index is 839. The van der Waals surface area contributed by atoms with Crippen molar-refractivity contribution >= 4 is 28.2 Å². The van der Waals surface area contributed by atoms with Crippen molar-refractivity contribution in [3.63, 3.8) is 0 Å². The molecule has 1 amide bonds. The third-order valence-corrected chi connectivity index (χ3v) is 6.06. The highest BCUT2D eigenvalue weighted by Crippen LogP contribution is 2.37. The van der Waals surface area contributed by atoms with E-state index in [9.17, 15) is 9.59 Å². The zero-order valence-corrected chi connectivity index (χ0v) is 18.0. The van der Waals surface area contributed by atoms with Gasteiger partial charge in [-0.2, -0.15) is 0 Å². The fourth-order valence-corrected chi connectivity index (χ4v) is 4.40. The minimum atomic E-state index is -0.429. The van der Waals surface area contributed by atoms with Crippen molar-refractivity contribution in [2.45, 2.75) is 26.7 Å². The van der Waals surface area contributed by atoms with Gasteiger partial charge in [0.05, 0.1) is 20.3 Å². The molecule has 156 valence electrons. The van der Waals surface area contributed by atoms with Crippen LogP contribution < -0.4 is 10.1 Å². The topological polar surface area (TPSA) is 67.9 Å². The molecule has 1 aromatic heterocycles. The van der Waals surface area contributed by atoms with E-state index in [-0.39, 0.29) is 12.5 Å². The van der Waals surface area contributed by atoms with E-state index >= 15 is 0 Å². The maximum Gasteiger partial charge on any atom is 0.341 e. The fourth-order valence-electron chi connectivity index (χ4n) is 3.43. The van der Waals surface area contributed by atoms with Crippen LogP contribution in [0.15, 0.2) is 29.6 Å². The molecule has 1 fully saturated rings. The Hall–Kier alpha value is -2.38. The zero-order chi connectivity index (χ0) is 20.8. The van der Waals surface area contributed by atoms with Crippen LogP contribution in [0.3, 0.4) is 0 Å². The molecule has 1 aliphatic rings. The number of methoxy groups -OCH3 is 1. The van der Waals surface area contributed by atoms with Gasteiger partial charge in [0.15, 0.2) is 0 Å². The van der Waals surface area contributed by atoms with Crippen molar-refractivity contribution in [1.82, 2.24) is 4.90 Å². The number of benzene rings is 1. The zero-order valence-electron chi connectivity index (χ0n) is 17.2. The van der Waals surface area contributed by atoms with Crippen molar-refractivity contribution in [1.29, 1.82) is 0 Å². The molecular formula is C22H28N2O4S. The lowest BCUT2D eigenvalue weighted by molar-refractivity contribution is -0.117. The van der Waals surface area contributed by atoms with Crippen LogP contribution in [0.1, 0.15) is 37.0 Å². The van der Waals surface area contributed by atoms with Gasteiger partial charge in [0, 0.05) is 10.9 Å². The van der Waals surface area contributed by atoms with Crippen LogP contribution in [0.2, 0.25) is 0 Å². The molecule has 3 rings (SSSR count). The first-order valence-electron chi connectivity index (χ1n) is 9.97. The number of thiophene rings is 1. The first-order valence-corrected chi connectivity index (χ1v) is 10.8. The summed E-state index contributed by atoms with van der Waals surface area (Å²) in [7, 11) is 1.61. The molecule has 0 spiro atoms. The molecule has 7 heteroatoms. The molecule has 0 atom stereocenters. The largest absolute Gasteiger partial charge is 0.497 e. The molecule has 1 N–H and O–H groups in total. The van der Waals surface area contributed by atoms with Gasteiger partial charge in [0.25, 0.3) is 0 Å². The average Bonchev–Trinajstić information content (AvgIpc) is 3.13. The first-order chi connectivity index (χ1) is 14.0. The van der Waals surface area contributed by atoms with Gasteiger partial charge in [0.2, 0.25) is 5.91 Å². The monoisotopic (exact) mass is 416 g/mol. The molecule has 0 bridgehead atoms. The van der Waals surface area contributed by atoms with Gasteiger partial charge in [-0.3, -0.25) is 9.69 Å². The maximum absolute atomic E-state index is 12.6. The van der Waals surface area contributed by atoms with Crippen LogP contribution >= 0.6 is 11.3 Å². The number of likely N-dealkylation sites (tertiary alicyclic amines) is 1. The minimum Gasteiger partial charge on any atom is -0.497 e. The van der Waals surface area contributed by atoms with E-state index in [4.69, 9.17) is 9.47 Å². The summed E-state index contributed by atoms with van der Waals surface area (Å²) in [5.74, 6) is 0.926. The number of carbonyl (C=O) groups is 2. The lowest BCUT2D eigenvalue weighted by Gasteiger charge is -2.29. The number of nitrogens with zero attached hydrogens (tertiary/aromatic N) is 1.